The van der Waals surface area contributed by atoms with Crippen LogP contribution in [0.4, 0.5) is 5.95 Å². The van der Waals surface area contributed by atoms with Crippen molar-refractivity contribution >= 4 is 29.1 Å². The predicted octanol–water partition coefficient (Wildman–Crippen LogP) is 0.419. The molecule has 1 aromatic heterocycles. The van der Waals surface area contributed by atoms with E-state index in [1.165, 1.54) is 7.11 Å². The minimum Gasteiger partial charge on any atom is -0.469 e. The molecule has 1 aliphatic heterocycles. The molecular weight excluding hydrogens is 264 g/mol. The Morgan fingerprint density at radius 2 is 2.32 bits per heavy atom. The first kappa shape index (κ1) is 13.7. The van der Waals surface area contributed by atoms with E-state index in [0.29, 0.717) is 18.2 Å². The topological polar surface area (TPSA) is 81.3 Å². The number of rotatable bonds is 3. The molecule has 102 valence electrons. The molecule has 0 spiro atoms. The summed E-state index contributed by atoms with van der Waals surface area (Å²) in [6, 6.07) is 1.75. The second kappa shape index (κ2) is 5.48. The summed E-state index contributed by atoms with van der Waals surface area (Å²) >= 11 is 4.93. The molecule has 1 aromatic rings. The Labute approximate surface area is 117 Å². The van der Waals surface area contributed by atoms with Crippen LogP contribution in [0.3, 0.4) is 0 Å². The maximum Gasteiger partial charge on any atom is 0.310 e. The zero-order valence-electron chi connectivity index (χ0n) is 10.9. The van der Waals surface area contributed by atoms with Crippen LogP contribution in [0.1, 0.15) is 17.8 Å². The van der Waals surface area contributed by atoms with Gasteiger partial charge in [-0.1, -0.05) is 12.2 Å². The summed E-state index contributed by atoms with van der Waals surface area (Å²) in [4.78, 5) is 22.4. The summed E-state index contributed by atoms with van der Waals surface area (Å²) in [5, 5.41) is 0. The molecule has 1 fully saturated rings. The maximum atomic E-state index is 11.5. The van der Waals surface area contributed by atoms with Gasteiger partial charge in [0.2, 0.25) is 5.95 Å². The average molecular weight is 280 g/mol. The van der Waals surface area contributed by atoms with Crippen LogP contribution in [0.25, 0.3) is 0 Å². The number of aromatic nitrogens is 2. The molecular formula is C12H16N4O2S. The molecule has 0 amide bonds. The number of nitrogens with zero attached hydrogens (tertiary/aromatic N) is 3. The van der Waals surface area contributed by atoms with Gasteiger partial charge in [0.05, 0.1) is 13.0 Å². The number of nitrogens with two attached hydrogens (primary N) is 1. The Hall–Kier alpha value is -1.76. The first-order chi connectivity index (χ1) is 9.01. The molecule has 1 unspecified atom stereocenters. The van der Waals surface area contributed by atoms with E-state index in [1.807, 2.05) is 11.8 Å². The Bertz CT molecular complexity index is 520. The first-order valence-electron chi connectivity index (χ1n) is 5.99. The average Bonchev–Trinajstić information content (AvgIpc) is 2.86. The summed E-state index contributed by atoms with van der Waals surface area (Å²) in [6.45, 7) is 3.15. The van der Waals surface area contributed by atoms with Crippen molar-refractivity contribution < 1.29 is 9.53 Å². The van der Waals surface area contributed by atoms with Crippen molar-refractivity contribution in [3.05, 3.63) is 17.5 Å². The lowest BCUT2D eigenvalue weighted by Crippen LogP contribution is -2.26. The number of aryl methyl sites for hydroxylation is 1. The molecule has 1 aliphatic rings. The monoisotopic (exact) mass is 280 g/mol. The van der Waals surface area contributed by atoms with Gasteiger partial charge < -0.3 is 15.4 Å². The van der Waals surface area contributed by atoms with E-state index in [-0.39, 0.29) is 16.9 Å². The zero-order chi connectivity index (χ0) is 14.0. The van der Waals surface area contributed by atoms with Crippen molar-refractivity contribution in [3.63, 3.8) is 0 Å². The number of thiocarbonyl (C=S) groups is 1. The van der Waals surface area contributed by atoms with Gasteiger partial charge in [-0.3, -0.25) is 4.79 Å². The third kappa shape index (κ3) is 2.98. The number of anilines is 1. The maximum absolute atomic E-state index is 11.5. The number of carbonyl (C=O) groups is 1. The van der Waals surface area contributed by atoms with Crippen molar-refractivity contribution in [3.8, 4) is 0 Å². The van der Waals surface area contributed by atoms with Crippen LogP contribution in [0.5, 0.6) is 0 Å². The highest BCUT2D eigenvalue weighted by molar-refractivity contribution is 7.80. The van der Waals surface area contributed by atoms with Gasteiger partial charge in [-0.2, -0.15) is 0 Å². The van der Waals surface area contributed by atoms with Gasteiger partial charge in [-0.05, 0) is 19.4 Å². The Balaban J connectivity index is 2.19. The van der Waals surface area contributed by atoms with Crippen LogP contribution in [-0.2, 0) is 9.53 Å². The lowest BCUT2D eigenvalue weighted by molar-refractivity contribution is -0.144. The Morgan fingerprint density at radius 1 is 1.58 bits per heavy atom. The molecule has 2 heterocycles. The zero-order valence-corrected chi connectivity index (χ0v) is 11.7. The Kier molecular flexibility index (Phi) is 3.94. The fourth-order valence-electron chi connectivity index (χ4n) is 2.12. The lowest BCUT2D eigenvalue weighted by Gasteiger charge is -2.17. The number of hydrogen-bond acceptors (Lipinski definition) is 6. The number of esters is 1. The fraction of sp³-hybridized carbons (Fsp3) is 0.500. The predicted molar refractivity (Wildman–Crippen MR) is 75.0 cm³/mol. The van der Waals surface area contributed by atoms with E-state index in [1.54, 1.807) is 6.07 Å². The lowest BCUT2D eigenvalue weighted by atomic mass is 10.1. The molecule has 0 bridgehead atoms. The highest BCUT2D eigenvalue weighted by atomic mass is 32.1. The van der Waals surface area contributed by atoms with Gasteiger partial charge in [0.1, 0.15) is 10.7 Å². The van der Waals surface area contributed by atoms with Gasteiger partial charge >= 0.3 is 5.97 Å². The van der Waals surface area contributed by atoms with Crippen LogP contribution in [0.15, 0.2) is 6.07 Å². The van der Waals surface area contributed by atoms with Gasteiger partial charge in [-0.15, -0.1) is 0 Å². The van der Waals surface area contributed by atoms with E-state index < -0.39 is 0 Å². The van der Waals surface area contributed by atoms with Crippen LogP contribution in [0, 0.1) is 12.8 Å². The molecule has 0 aliphatic carbocycles. The smallest absolute Gasteiger partial charge is 0.310 e. The van der Waals surface area contributed by atoms with Crippen molar-refractivity contribution in [2.24, 2.45) is 11.7 Å². The third-order valence-electron chi connectivity index (χ3n) is 3.10. The molecule has 2 N–H and O–H groups in total. The van der Waals surface area contributed by atoms with Crippen molar-refractivity contribution in [1.82, 2.24) is 9.97 Å². The largest absolute Gasteiger partial charge is 0.469 e. The fourth-order valence-corrected chi connectivity index (χ4v) is 2.23. The molecule has 0 radical (unpaired) electrons. The van der Waals surface area contributed by atoms with E-state index in [0.717, 1.165) is 18.7 Å². The molecule has 6 nitrogen and oxygen atoms in total. The normalized spacial score (nSPS) is 18.4. The van der Waals surface area contributed by atoms with Gasteiger partial charge in [0.15, 0.2) is 0 Å². The molecule has 1 atom stereocenters. The summed E-state index contributed by atoms with van der Waals surface area (Å²) < 4.78 is 4.76. The summed E-state index contributed by atoms with van der Waals surface area (Å²) in [7, 11) is 1.40. The van der Waals surface area contributed by atoms with E-state index in [2.05, 4.69) is 9.97 Å². The second-order valence-electron chi connectivity index (χ2n) is 4.51. The van der Waals surface area contributed by atoms with Gasteiger partial charge in [-0.25, -0.2) is 9.97 Å². The number of ether oxygens (including phenoxy) is 1. The number of carbonyl (C=O) groups excluding carboxylic acids is 1. The third-order valence-corrected chi connectivity index (χ3v) is 3.31. The molecule has 7 heteroatoms. The molecule has 1 saturated heterocycles. The Morgan fingerprint density at radius 3 is 2.95 bits per heavy atom. The van der Waals surface area contributed by atoms with E-state index in [4.69, 9.17) is 22.7 Å². The van der Waals surface area contributed by atoms with Crippen molar-refractivity contribution in [2.75, 3.05) is 25.1 Å². The molecule has 19 heavy (non-hydrogen) atoms. The van der Waals surface area contributed by atoms with E-state index in [9.17, 15) is 4.79 Å². The van der Waals surface area contributed by atoms with Crippen LogP contribution in [0.2, 0.25) is 0 Å². The minimum absolute atomic E-state index is 0.123. The number of methoxy groups -OCH3 is 1. The SMILES string of the molecule is COC(=O)C1CCN(c2nc(C)cc(C(N)=S)n2)C1. The van der Waals surface area contributed by atoms with Crippen LogP contribution in [-0.4, -0.2) is 41.1 Å². The number of hydrogen-bond donors (Lipinski definition) is 1. The minimum atomic E-state index is -0.190. The van der Waals surface area contributed by atoms with Crippen molar-refractivity contribution in [2.45, 2.75) is 13.3 Å². The second-order valence-corrected chi connectivity index (χ2v) is 4.95. The summed E-state index contributed by atoms with van der Waals surface area (Å²) in [5.41, 5.74) is 6.95. The molecule has 2 rings (SSSR count). The molecule has 0 aromatic carbocycles. The van der Waals surface area contributed by atoms with Crippen LogP contribution < -0.4 is 10.6 Å². The highest BCUT2D eigenvalue weighted by Crippen LogP contribution is 2.22. The van der Waals surface area contributed by atoms with Crippen molar-refractivity contribution in [1.29, 1.82) is 0 Å². The highest BCUT2D eigenvalue weighted by Gasteiger charge is 2.30. The standard InChI is InChI=1S/C12H16N4O2S/c1-7-5-9(10(13)19)15-12(14-7)16-4-3-8(6-16)11(17)18-2/h5,8H,3-4,6H2,1-2H3,(H2,13,19). The first-order valence-corrected chi connectivity index (χ1v) is 6.40. The van der Waals surface area contributed by atoms with Gasteiger partial charge in [0, 0.05) is 18.8 Å². The van der Waals surface area contributed by atoms with Crippen LogP contribution >= 0.6 is 12.2 Å². The van der Waals surface area contributed by atoms with E-state index >= 15 is 0 Å². The summed E-state index contributed by atoms with van der Waals surface area (Å²) in [6.07, 6.45) is 0.742. The summed E-state index contributed by atoms with van der Waals surface area (Å²) in [5.74, 6) is 0.251. The van der Waals surface area contributed by atoms with Gasteiger partial charge in [0.25, 0.3) is 0 Å². The molecule has 0 saturated carbocycles. The quantitative estimate of drug-likeness (QED) is 0.634.